The van der Waals surface area contributed by atoms with Gasteiger partial charge in [0, 0.05) is 47.9 Å². The van der Waals surface area contributed by atoms with Crippen molar-refractivity contribution in [3.8, 4) is 11.4 Å². The van der Waals surface area contributed by atoms with Gasteiger partial charge >= 0.3 is 5.69 Å². The minimum absolute atomic E-state index is 0.133. The van der Waals surface area contributed by atoms with E-state index in [9.17, 15) is 4.79 Å². The molecule has 8 nitrogen and oxygen atoms in total. The highest BCUT2D eigenvalue weighted by atomic mass is 16.1. The predicted octanol–water partition coefficient (Wildman–Crippen LogP) is 5.63. The Labute approximate surface area is 218 Å². The van der Waals surface area contributed by atoms with Gasteiger partial charge in [0.05, 0.1) is 0 Å². The summed E-state index contributed by atoms with van der Waals surface area (Å²) in [5.41, 5.74) is 2.92. The van der Waals surface area contributed by atoms with Crippen LogP contribution >= 0.6 is 0 Å². The number of rotatable bonds is 8. The average Bonchev–Trinajstić information content (AvgIpc) is 3.55. The van der Waals surface area contributed by atoms with Crippen LogP contribution in [-0.2, 0) is 18.4 Å². The van der Waals surface area contributed by atoms with Crippen molar-refractivity contribution in [2.45, 2.75) is 96.1 Å². The second-order valence-electron chi connectivity index (χ2n) is 10.9. The fraction of sp³-hybridized carbons (Fsp3) is 0.552. The molecule has 5 rings (SSSR count). The molecule has 1 saturated carbocycles. The molecule has 2 aromatic heterocycles. The van der Waals surface area contributed by atoms with Crippen molar-refractivity contribution in [2.24, 2.45) is 10.9 Å². The summed E-state index contributed by atoms with van der Waals surface area (Å²) >= 11 is 0. The van der Waals surface area contributed by atoms with Crippen molar-refractivity contribution in [2.75, 3.05) is 0 Å². The van der Waals surface area contributed by atoms with Crippen LogP contribution in [0.3, 0.4) is 0 Å². The van der Waals surface area contributed by atoms with E-state index >= 15 is 0 Å². The molecule has 1 aromatic carbocycles. The number of hydrogen-bond acceptors (Lipinski definition) is 5. The fourth-order valence-corrected chi connectivity index (χ4v) is 6.06. The summed E-state index contributed by atoms with van der Waals surface area (Å²) in [5, 5.41) is 14.6. The minimum Gasteiger partial charge on any atom is -0.296 e. The number of aromatic nitrogens is 6. The molecule has 2 aliphatic rings. The van der Waals surface area contributed by atoms with Crippen LogP contribution in [0, 0.1) is 5.92 Å². The van der Waals surface area contributed by atoms with Crippen molar-refractivity contribution in [3.63, 3.8) is 0 Å². The standard InChI is InChI=1S/C29H39N7O/c1-3-4-13-25-20-35(26-14-8-6-5-7-10-22(26)2)28(37)36(25)21-29(15-17-30-18-16-29)24-12-9-11-23(19-24)27-31-33-34-32-27/h9,11-12,15,17-20,22,26H,3-8,10,13-14,16,21H2,1-2H3,(H,31,32,33,34). The van der Waals surface area contributed by atoms with Crippen LogP contribution in [0.1, 0.15) is 88.9 Å². The predicted molar refractivity (Wildman–Crippen MR) is 147 cm³/mol. The number of allylic oxidation sites excluding steroid dienone is 1. The van der Waals surface area contributed by atoms with Gasteiger partial charge in [-0.3, -0.25) is 14.1 Å². The molecule has 1 aliphatic heterocycles. The van der Waals surface area contributed by atoms with Crippen molar-refractivity contribution in [1.82, 2.24) is 29.8 Å². The monoisotopic (exact) mass is 501 g/mol. The lowest BCUT2D eigenvalue weighted by atomic mass is 9.76. The number of nitrogens with one attached hydrogen (secondary N) is 1. The summed E-state index contributed by atoms with van der Waals surface area (Å²) in [6.45, 7) is 5.12. The molecular weight excluding hydrogens is 462 g/mol. The van der Waals surface area contributed by atoms with Gasteiger partial charge in [0.1, 0.15) is 0 Å². The third-order valence-corrected chi connectivity index (χ3v) is 8.32. The van der Waals surface area contributed by atoms with Crippen LogP contribution in [0.2, 0.25) is 0 Å². The lowest BCUT2D eigenvalue weighted by Gasteiger charge is -2.32. The van der Waals surface area contributed by atoms with E-state index in [0.29, 0.717) is 18.3 Å². The first-order valence-corrected chi connectivity index (χ1v) is 14.0. The molecule has 3 unspecified atom stereocenters. The van der Waals surface area contributed by atoms with Gasteiger partial charge in [0.15, 0.2) is 0 Å². The topological polar surface area (TPSA) is 93.8 Å². The van der Waals surface area contributed by atoms with Gasteiger partial charge in [-0.25, -0.2) is 4.79 Å². The first-order chi connectivity index (χ1) is 18.1. The number of aliphatic imine (C=N–C) groups is 1. The lowest BCUT2D eigenvalue weighted by molar-refractivity contribution is 0.272. The number of tetrazole rings is 1. The molecule has 0 radical (unpaired) electrons. The third-order valence-electron chi connectivity index (χ3n) is 8.32. The van der Waals surface area contributed by atoms with Gasteiger partial charge < -0.3 is 0 Å². The molecule has 1 fully saturated rings. The molecule has 3 atom stereocenters. The van der Waals surface area contributed by atoms with Crippen molar-refractivity contribution >= 4 is 6.21 Å². The fourth-order valence-electron chi connectivity index (χ4n) is 6.06. The van der Waals surface area contributed by atoms with E-state index in [1.807, 2.05) is 24.5 Å². The number of nitrogens with zero attached hydrogens (tertiary/aromatic N) is 6. The molecular formula is C29H39N7O. The molecule has 1 aliphatic carbocycles. The second kappa shape index (κ2) is 11.4. The van der Waals surface area contributed by atoms with Crippen LogP contribution in [0.15, 0.2) is 52.5 Å². The van der Waals surface area contributed by atoms with Gasteiger partial charge in [-0.15, -0.1) is 10.2 Å². The van der Waals surface area contributed by atoms with Crippen LogP contribution in [0.25, 0.3) is 11.4 Å². The first kappa shape index (κ1) is 25.4. The van der Waals surface area contributed by atoms with Crippen molar-refractivity contribution in [3.05, 3.63) is 64.5 Å². The molecule has 0 amide bonds. The number of aryl methyl sites for hydroxylation is 1. The maximum absolute atomic E-state index is 14.1. The van der Waals surface area contributed by atoms with E-state index in [-0.39, 0.29) is 17.1 Å². The van der Waals surface area contributed by atoms with Crippen LogP contribution in [-0.4, -0.2) is 36.0 Å². The molecule has 1 N–H and O–H groups in total. The van der Waals surface area contributed by atoms with Gasteiger partial charge in [0.25, 0.3) is 0 Å². The second-order valence-corrected chi connectivity index (χ2v) is 10.9. The highest BCUT2D eigenvalue weighted by molar-refractivity contribution is 5.65. The van der Waals surface area contributed by atoms with Gasteiger partial charge in [-0.1, -0.05) is 70.2 Å². The Morgan fingerprint density at radius 2 is 2.03 bits per heavy atom. The molecule has 0 spiro atoms. The number of unbranched alkanes of at least 4 members (excludes halogenated alkanes) is 1. The average molecular weight is 502 g/mol. The van der Waals surface area contributed by atoms with E-state index in [1.165, 1.54) is 32.1 Å². The lowest BCUT2D eigenvalue weighted by Crippen LogP contribution is -2.38. The van der Waals surface area contributed by atoms with Crippen molar-refractivity contribution < 1.29 is 0 Å². The quantitative estimate of drug-likeness (QED) is 0.433. The zero-order valence-corrected chi connectivity index (χ0v) is 22.1. The summed E-state index contributed by atoms with van der Waals surface area (Å²) in [6.07, 6.45) is 19.3. The smallest absolute Gasteiger partial charge is 0.296 e. The zero-order valence-electron chi connectivity index (χ0n) is 22.1. The maximum Gasteiger partial charge on any atom is 0.328 e. The number of imidazole rings is 1. The first-order valence-electron chi connectivity index (χ1n) is 14.0. The molecule has 8 heteroatoms. The van der Waals surface area contributed by atoms with Gasteiger partial charge in [0.2, 0.25) is 5.82 Å². The van der Waals surface area contributed by atoms with Crippen molar-refractivity contribution in [1.29, 1.82) is 0 Å². The molecule has 0 saturated heterocycles. The Kier molecular flexibility index (Phi) is 7.82. The van der Waals surface area contributed by atoms with E-state index in [0.717, 1.165) is 48.9 Å². The summed E-state index contributed by atoms with van der Waals surface area (Å²) < 4.78 is 4.15. The van der Waals surface area contributed by atoms with E-state index < -0.39 is 0 Å². The minimum atomic E-state index is -0.384. The normalized spacial score (nSPS) is 24.2. The van der Waals surface area contributed by atoms with E-state index in [2.05, 4.69) is 73.0 Å². The largest absolute Gasteiger partial charge is 0.328 e. The highest BCUT2D eigenvalue weighted by Crippen LogP contribution is 2.36. The highest BCUT2D eigenvalue weighted by Gasteiger charge is 2.34. The SMILES string of the molecule is CCCCc1cn(C2CCCCCCC2C)c(=O)n1CC1(c2cccc(-c3nn[nH]n3)c2)C=CN=CC1. The van der Waals surface area contributed by atoms with E-state index in [1.54, 1.807) is 0 Å². The van der Waals surface area contributed by atoms with Crippen LogP contribution < -0.4 is 5.69 Å². The zero-order chi connectivity index (χ0) is 25.7. The summed E-state index contributed by atoms with van der Waals surface area (Å²) in [5.74, 6) is 1.07. The van der Waals surface area contributed by atoms with Crippen LogP contribution in [0.5, 0.6) is 0 Å². The van der Waals surface area contributed by atoms with Gasteiger partial charge in [-0.05, 0) is 54.9 Å². The summed E-state index contributed by atoms with van der Waals surface area (Å²) in [6, 6.07) is 8.56. The van der Waals surface area contributed by atoms with E-state index in [4.69, 9.17) is 0 Å². The molecule has 196 valence electrons. The molecule has 3 aromatic rings. The maximum atomic E-state index is 14.1. The number of H-pyrrole nitrogens is 1. The molecule has 0 bridgehead atoms. The Balaban J connectivity index is 1.55. The van der Waals surface area contributed by atoms with Gasteiger partial charge in [-0.2, -0.15) is 5.21 Å². The summed E-state index contributed by atoms with van der Waals surface area (Å²) in [7, 11) is 0. The summed E-state index contributed by atoms with van der Waals surface area (Å²) in [4.78, 5) is 18.5. The Morgan fingerprint density at radius 3 is 2.78 bits per heavy atom. The number of hydrogen-bond donors (Lipinski definition) is 1. The number of benzene rings is 1. The third kappa shape index (κ3) is 5.38. The number of aromatic amines is 1. The molecule has 3 heterocycles. The Hall–Kier alpha value is -3.29. The Morgan fingerprint density at radius 1 is 1.16 bits per heavy atom. The van der Waals surface area contributed by atoms with Crippen LogP contribution in [0.4, 0.5) is 0 Å². The Bertz CT molecular complexity index is 1290. The molecule has 37 heavy (non-hydrogen) atoms.